The van der Waals surface area contributed by atoms with Crippen molar-refractivity contribution >= 4 is 10.1 Å². The first kappa shape index (κ1) is 11.5. The second kappa shape index (κ2) is 4.50. The Hall–Kier alpha value is -1.95. The molecule has 0 aliphatic heterocycles. The Morgan fingerprint density at radius 2 is 1.82 bits per heavy atom. The summed E-state index contributed by atoms with van der Waals surface area (Å²) in [7, 11) is -3.94. The van der Waals surface area contributed by atoms with Crippen LogP contribution in [0.15, 0.2) is 53.7 Å². The van der Waals surface area contributed by atoms with Crippen LogP contribution in [0.25, 0.3) is 0 Å². The summed E-state index contributed by atoms with van der Waals surface area (Å²) >= 11 is 0. The van der Waals surface area contributed by atoms with Gasteiger partial charge in [-0.15, -0.1) is 0 Å². The van der Waals surface area contributed by atoms with Crippen molar-refractivity contribution < 1.29 is 17.0 Å². The molecule has 4 nitrogen and oxygen atoms in total. The number of hydrogen-bond donors (Lipinski definition) is 0. The minimum Gasteiger partial charge on any atom is -0.377 e. The van der Waals surface area contributed by atoms with E-state index in [2.05, 4.69) is 4.98 Å². The maximum atomic E-state index is 12.7. The van der Waals surface area contributed by atoms with Crippen LogP contribution < -0.4 is 4.18 Å². The summed E-state index contributed by atoms with van der Waals surface area (Å²) in [6.45, 7) is 0. The molecule has 0 spiro atoms. The van der Waals surface area contributed by atoms with E-state index >= 15 is 0 Å². The first-order valence-corrected chi connectivity index (χ1v) is 6.09. The molecule has 88 valence electrons. The molecular weight excluding hydrogens is 245 g/mol. The van der Waals surface area contributed by atoms with Crippen LogP contribution in [0.5, 0.6) is 5.75 Å². The van der Waals surface area contributed by atoms with Crippen LogP contribution in [0.4, 0.5) is 4.39 Å². The van der Waals surface area contributed by atoms with Crippen molar-refractivity contribution in [3.8, 4) is 5.75 Å². The van der Waals surface area contributed by atoms with Crippen LogP contribution >= 0.6 is 0 Å². The highest BCUT2D eigenvalue weighted by Gasteiger charge is 2.16. The average molecular weight is 253 g/mol. The normalized spacial score (nSPS) is 11.1. The fraction of sp³-hybridized carbons (Fsp3) is 0. The van der Waals surface area contributed by atoms with Crippen LogP contribution in [0, 0.1) is 5.82 Å². The lowest BCUT2D eigenvalue weighted by atomic mass is 10.4. The van der Waals surface area contributed by atoms with Gasteiger partial charge < -0.3 is 4.18 Å². The van der Waals surface area contributed by atoms with Gasteiger partial charge in [-0.1, -0.05) is 0 Å². The zero-order chi connectivity index (χ0) is 12.3. The smallest absolute Gasteiger partial charge is 0.339 e. The van der Waals surface area contributed by atoms with E-state index in [0.29, 0.717) is 0 Å². The minimum absolute atomic E-state index is 0.108. The molecular formula is C11H8FNO3S. The van der Waals surface area contributed by atoms with Gasteiger partial charge in [0.25, 0.3) is 0 Å². The molecule has 1 aromatic carbocycles. The molecule has 0 bridgehead atoms. The molecule has 0 unspecified atom stereocenters. The van der Waals surface area contributed by atoms with Crippen LogP contribution in [-0.4, -0.2) is 13.4 Å². The molecule has 1 aromatic heterocycles. The third-order valence-corrected chi connectivity index (χ3v) is 3.20. The number of halogens is 1. The number of pyridine rings is 1. The van der Waals surface area contributed by atoms with Gasteiger partial charge in [0.15, 0.2) is 5.75 Å². The number of rotatable bonds is 3. The molecule has 0 atom stereocenters. The van der Waals surface area contributed by atoms with Crippen molar-refractivity contribution in [1.82, 2.24) is 4.98 Å². The van der Waals surface area contributed by atoms with Gasteiger partial charge in [-0.25, -0.2) is 4.39 Å². The van der Waals surface area contributed by atoms with E-state index in [0.717, 1.165) is 24.3 Å². The summed E-state index contributed by atoms with van der Waals surface area (Å²) in [5, 5.41) is 0. The maximum absolute atomic E-state index is 12.7. The molecule has 0 amide bonds. The highest BCUT2D eigenvalue weighted by Crippen LogP contribution is 2.17. The highest BCUT2D eigenvalue weighted by atomic mass is 32.2. The average Bonchev–Trinajstić information content (AvgIpc) is 2.30. The monoisotopic (exact) mass is 253 g/mol. The molecule has 0 aliphatic rings. The number of benzene rings is 1. The van der Waals surface area contributed by atoms with Crippen molar-refractivity contribution in [1.29, 1.82) is 0 Å². The Morgan fingerprint density at radius 3 is 2.41 bits per heavy atom. The predicted molar refractivity (Wildman–Crippen MR) is 58.5 cm³/mol. The lowest BCUT2D eigenvalue weighted by molar-refractivity contribution is 0.484. The third kappa shape index (κ3) is 2.79. The number of nitrogens with zero attached hydrogens (tertiary/aromatic N) is 1. The summed E-state index contributed by atoms with van der Waals surface area (Å²) in [6, 6.07) is 7.41. The third-order valence-electron chi connectivity index (χ3n) is 1.94. The van der Waals surface area contributed by atoms with Crippen LogP contribution in [0.1, 0.15) is 0 Å². The van der Waals surface area contributed by atoms with Crippen molar-refractivity contribution in [2.24, 2.45) is 0 Å². The van der Waals surface area contributed by atoms with E-state index in [-0.39, 0.29) is 10.6 Å². The first-order valence-electron chi connectivity index (χ1n) is 4.68. The van der Waals surface area contributed by atoms with E-state index < -0.39 is 15.9 Å². The molecule has 0 fully saturated rings. The zero-order valence-corrected chi connectivity index (χ0v) is 9.39. The van der Waals surface area contributed by atoms with Gasteiger partial charge in [0.05, 0.1) is 6.20 Å². The maximum Gasteiger partial charge on any atom is 0.339 e. The Balaban J connectivity index is 2.29. The van der Waals surface area contributed by atoms with Gasteiger partial charge >= 0.3 is 10.1 Å². The van der Waals surface area contributed by atoms with E-state index in [1.165, 1.54) is 18.5 Å². The summed E-state index contributed by atoms with van der Waals surface area (Å²) in [5.74, 6) is -0.401. The minimum atomic E-state index is -3.94. The van der Waals surface area contributed by atoms with Crippen molar-refractivity contribution in [2.45, 2.75) is 4.90 Å². The topological polar surface area (TPSA) is 56.3 Å². The second-order valence-electron chi connectivity index (χ2n) is 3.18. The van der Waals surface area contributed by atoms with Crippen molar-refractivity contribution in [3.05, 3.63) is 54.6 Å². The molecule has 0 saturated carbocycles. The highest BCUT2D eigenvalue weighted by molar-refractivity contribution is 7.87. The van der Waals surface area contributed by atoms with E-state index in [4.69, 9.17) is 4.18 Å². The summed E-state index contributed by atoms with van der Waals surface area (Å²) in [4.78, 5) is 3.62. The molecule has 0 radical (unpaired) electrons. The number of aromatic nitrogens is 1. The molecule has 17 heavy (non-hydrogen) atoms. The summed E-state index contributed by atoms with van der Waals surface area (Å²) in [6.07, 6.45) is 2.78. The Bertz CT molecular complexity index is 596. The molecule has 6 heteroatoms. The molecule has 0 N–H and O–H groups in total. The zero-order valence-electron chi connectivity index (χ0n) is 8.58. The lowest BCUT2D eigenvalue weighted by Crippen LogP contribution is -2.09. The van der Waals surface area contributed by atoms with Crippen LogP contribution in [0.2, 0.25) is 0 Å². The van der Waals surface area contributed by atoms with E-state index in [1.54, 1.807) is 6.07 Å². The molecule has 0 aliphatic carbocycles. The van der Waals surface area contributed by atoms with Gasteiger partial charge in [-0.05, 0) is 36.4 Å². The van der Waals surface area contributed by atoms with Gasteiger partial charge in [-0.2, -0.15) is 8.42 Å². The second-order valence-corrected chi connectivity index (χ2v) is 4.73. The Kier molecular flexibility index (Phi) is 3.06. The lowest BCUT2D eigenvalue weighted by Gasteiger charge is -2.05. The summed E-state index contributed by atoms with van der Waals surface area (Å²) in [5.41, 5.74) is 0. The molecule has 2 aromatic rings. The van der Waals surface area contributed by atoms with Crippen LogP contribution in [0.3, 0.4) is 0 Å². The van der Waals surface area contributed by atoms with Gasteiger partial charge in [0.1, 0.15) is 10.7 Å². The van der Waals surface area contributed by atoms with Gasteiger partial charge in [-0.3, -0.25) is 4.98 Å². The van der Waals surface area contributed by atoms with Crippen molar-refractivity contribution in [3.63, 3.8) is 0 Å². The van der Waals surface area contributed by atoms with Crippen molar-refractivity contribution in [2.75, 3.05) is 0 Å². The quantitative estimate of drug-likeness (QED) is 0.785. The summed E-state index contributed by atoms with van der Waals surface area (Å²) < 4.78 is 41.0. The molecule has 1 heterocycles. The van der Waals surface area contributed by atoms with E-state index in [1.807, 2.05) is 0 Å². The van der Waals surface area contributed by atoms with E-state index in [9.17, 15) is 12.8 Å². The van der Waals surface area contributed by atoms with Crippen LogP contribution in [-0.2, 0) is 10.1 Å². The van der Waals surface area contributed by atoms with Gasteiger partial charge in [0, 0.05) is 6.20 Å². The SMILES string of the molecule is O=S(=O)(Oc1cccnc1)c1ccc(F)cc1. The standard InChI is InChI=1S/C11H8FNO3S/c12-9-3-5-11(6-4-9)17(14,15)16-10-2-1-7-13-8-10/h1-8H. The fourth-order valence-electron chi connectivity index (χ4n) is 1.17. The first-order chi connectivity index (χ1) is 8.08. The fourth-order valence-corrected chi connectivity index (χ4v) is 2.09. The Labute approximate surface area is 97.8 Å². The molecule has 2 rings (SSSR count). The Morgan fingerprint density at radius 1 is 1.12 bits per heavy atom. The number of hydrogen-bond acceptors (Lipinski definition) is 4. The largest absolute Gasteiger partial charge is 0.377 e. The molecule has 0 saturated heterocycles. The predicted octanol–water partition coefficient (Wildman–Crippen LogP) is 1.99. The van der Waals surface area contributed by atoms with Gasteiger partial charge in [0.2, 0.25) is 0 Å².